The molecular weight excluding hydrogens is 358 g/mol. The van der Waals surface area contributed by atoms with Gasteiger partial charge in [-0.15, -0.1) is 11.3 Å². The van der Waals surface area contributed by atoms with Gasteiger partial charge in [0, 0.05) is 26.3 Å². The van der Waals surface area contributed by atoms with E-state index in [1.54, 1.807) is 11.3 Å². The van der Waals surface area contributed by atoms with Crippen molar-refractivity contribution in [3.8, 4) is 0 Å². The molecule has 0 atom stereocenters. The zero-order chi connectivity index (χ0) is 19.1. The monoisotopic (exact) mass is 383 g/mol. The van der Waals surface area contributed by atoms with E-state index in [1.165, 1.54) is 11.3 Å². The first-order valence-corrected chi connectivity index (χ1v) is 9.88. The normalized spacial score (nSPS) is 10.9. The highest BCUT2D eigenvalue weighted by Gasteiger charge is 2.05. The third kappa shape index (κ3) is 5.77. The molecule has 0 unspecified atom stereocenters. The Morgan fingerprint density at radius 1 is 1.15 bits per heavy atom. The molecule has 0 radical (unpaired) electrons. The quantitative estimate of drug-likeness (QED) is 0.573. The molecule has 1 heterocycles. The minimum Gasteiger partial charge on any atom is -0.378 e. The Morgan fingerprint density at radius 3 is 2.67 bits per heavy atom. The Kier molecular flexibility index (Phi) is 6.79. The summed E-state index contributed by atoms with van der Waals surface area (Å²) in [5.74, 6) is -0.0842. The fraction of sp³-hybridized carbons (Fsp3) is 0.333. The number of aromatic nitrogens is 1. The fourth-order valence-electron chi connectivity index (χ4n) is 2.74. The Labute approximate surface area is 164 Å². The number of nitrogens with one attached hydrogen (secondary N) is 1. The molecular formula is C21H25N3O2S. The average molecular weight is 384 g/mol. The van der Waals surface area contributed by atoms with Crippen LogP contribution in [0.3, 0.4) is 0 Å². The van der Waals surface area contributed by atoms with E-state index in [0.717, 1.165) is 28.1 Å². The number of carbonyl (C=O) groups excluding carboxylic acids is 1. The molecule has 2 aromatic carbocycles. The van der Waals surface area contributed by atoms with Gasteiger partial charge in [-0.05, 0) is 42.7 Å². The lowest BCUT2D eigenvalue weighted by molar-refractivity contribution is -0.126. The first-order valence-electron chi connectivity index (χ1n) is 9.07. The summed E-state index contributed by atoms with van der Waals surface area (Å²) in [5.41, 5.74) is 3.45. The van der Waals surface area contributed by atoms with Crippen LogP contribution in [-0.4, -0.2) is 38.1 Å². The highest BCUT2D eigenvalue weighted by molar-refractivity contribution is 7.18. The van der Waals surface area contributed by atoms with E-state index < -0.39 is 0 Å². The Hall–Kier alpha value is -2.44. The minimum atomic E-state index is -0.0842. The van der Waals surface area contributed by atoms with Crippen LogP contribution in [0, 0.1) is 0 Å². The maximum absolute atomic E-state index is 11.9. The Bertz CT molecular complexity index is 842. The SMILES string of the molecule is CN(C)c1ccc(CCCNC(=O)COCc2nc3ccccc3s2)cc1. The predicted molar refractivity (Wildman–Crippen MR) is 111 cm³/mol. The second-order valence-corrected chi connectivity index (χ2v) is 7.70. The smallest absolute Gasteiger partial charge is 0.246 e. The van der Waals surface area contributed by atoms with Crippen LogP contribution in [-0.2, 0) is 22.6 Å². The number of fused-ring (bicyclic) bond motifs is 1. The van der Waals surface area contributed by atoms with E-state index in [4.69, 9.17) is 4.74 Å². The van der Waals surface area contributed by atoms with Crippen molar-refractivity contribution >= 4 is 33.1 Å². The molecule has 0 saturated carbocycles. The first-order chi connectivity index (χ1) is 13.1. The van der Waals surface area contributed by atoms with Gasteiger partial charge in [0.15, 0.2) is 0 Å². The van der Waals surface area contributed by atoms with Gasteiger partial charge in [0.25, 0.3) is 0 Å². The summed E-state index contributed by atoms with van der Waals surface area (Å²) in [6, 6.07) is 16.5. The van der Waals surface area contributed by atoms with Crippen LogP contribution in [0.2, 0.25) is 0 Å². The number of hydrogen-bond acceptors (Lipinski definition) is 5. The van der Waals surface area contributed by atoms with E-state index in [0.29, 0.717) is 13.2 Å². The molecule has 0 aliphatic heterocycles. The van der Waals surface area contributed by atoms with Crippen LogP contribution in [0.1, 0.15) is 17.0 Å². The van der Waals surface area contributed by atoms with Gasteiger partial charge in [0.2, 0.25) is 5.91 Å². The molecule has 5 nitrogen and oxygen atoms in total. The van der Waals surface area contributed by atoms with Gasteiger partial charge >= 0.3 is 0 Å². The second-order valence-electron chi connectivity index (χ2n) is 6.58. The maximum atomic E-state index is 11.9. The highest BCUT2D eigenvalue weighted by atomic mass is 32.1. The molecule has 3 rings (SSSR count). The number of benzene rings is 2. The van der Waals surface area contributed by atoms with E-state index >= 15 is 0 Å². The molecule has 1 amide bonds. The van der Waals surface area contributed by atoms with Gasteiger partial charge < -0.3 is 15.0 Å². The largest absolute Gasteiger partial charge is 0.378 e. The van der Waals surface area contributed by atoms with Crippen molar-refractivity contribution in [2.45, 2.75) is 19.4 Å². The van der Waals surface area contributed by atoms with Crippen molar-refractivity contribution < 1.29 is 9.53 Å². The summed E-state index contributed by atoms with van der Waals surface area (Å²) < 4.78 is 6.63. The van der Waals surface area contributed by atoms with Crippen molar-refractivity contribution in [3.63, 3.8) is 0 Å². The molecule has 3 aromatic rings. The van der Waals surface area contributed by atoms with Gasteiger partial charge in [-0.1, -0.05) is 24.3 Å². The van der Waals surface area contributed by atoms with Crippen LogP contribution in [0.15, 0.2) is 48.5 Å². The summed E-state index contributed by atoms with van der Waals surface area (Å²) in [4.78, 5) is 18.5. The van der Waals surface area contributed by atoms with Crippen LogP contribution < -0.4 is 10.2 Å². The number of rotatable bonds is 9. The van der Waals surface area contributed by atoms with E-state index in [9.17, 15) is 4.79 Å². The van der Waals surface area contributed by atoms with Gasteiger partial charge in [-0.2, -0.15) is 0 Å². The van der Waals surface area contributed by atoms with Crippen molar-refractivity contribution in [1.82, 2.24) is 10.3 Å². The number of ether oxygens (including phenoxy) is 1. The Balaban J connectivity index is 1.31. The summed E-state index contributed by atoms with van der Waals surface area (Å²) in [7, 11) is 4.06. The summed E-state index contributed by atoms with van der Waals surface area (Å²) in [6.45, 7) is 1.08. The molecule has 0 aliphatic rings. The van der Waals surface area contributed by atoms with E-state index in [1.807, 2.05) is 38.4 Å². The van der Waals surface area contributed by atoms with Crippen LogP contribution in [0.4, 0.5) is 5.69 Å². The summed E-state index contributed by atoms with van der Waals surface area (Å²) in [6.07, 6.45) is 1.85. The molecule has 0 bridgehead atoms. The highest BCUT2D eigenvalue weighted by Crippen LogP contribution is 2.21. The van der Waals surface area contributed by atoms with Gasteiger partial charge in [-0.3, -0.25) is 4.79 Å². The lowest BCUT2D eigenvalue weighted by Gasteiger charge is -2.12. The molecule has 142 valence electrons. The lowest BCUT2D eigenvalue weighted by Crippen LogP contribution is -2.28. The maximum Gasteiger partial charge on any atom is 0.246 e. The van der Waals surface area contributed by atoms with Crippen molar-refractivity contribution in [2.75, 3.05) is 32.1 Å². The fourth-order valence-corrected chi connectivity index (χ4v) is 3.65. The van der Waals surface area contributed by atoms with Crippen molar-refractivity contribution in [3.05, 3.63) is 59.1 Å². The third-order valence-electron chi connectivity index (χ3n) is 4.21. The van der Waals surface area contributed by atoms with E-state index in [-0.39, 0.29) is 12.5 Å². The molecule has 6 heteroatoms. The number of aryl methyl sites for hydroxylation is 1. The molecule has 0 spiro atoms. The number of hydrogen-bond donors (Lipinski definition) is 1. The van der Waals surface area contributed by atoms with Gasteiger partial charge in [0.05, 0.1) is 16.8 Å². The number of thiazole rings is 1. The van der Waals surface area contributed by atoms with Gasteiger partial charge in [-0.25, -0.2) is 4.98 Å². The van der Waals surface area contributed by atoms with Crippen LogP contribution >= 0.6 is 11.3 Å². The standard InChI is InChI=1S/C21H25N3O2S/c1-24(2)17-11-9-16(10-12-17)6-5-13-22-20(25)14-26-15-21-23-18-7-3-4-8-19(18)27-21/h3-4,7-12H,5-6,13-15H2,1-2H3,(H,22,25). The zero-order valence-electron chi connectivity index (χ0n) is 15.8. The lowest BCUT2D eigenvalue weighted by atomic mass is 10.1. The second kappa shape index (κ2) is 9.48. The van der Waals surface area contributed by atoms with Gasteiger partial charge in [0.1, 0.15) is 11.6 Å². The molecule has 0 saturated heterocycles. The minimum absolute atomic E-state index is 0.0630. The topological polar surface area (TPSA) is 54.5 Å². The average Bonchev–Trinajstić information content (AvgIpc) is 3.08. The predicted octanol–water partition coefficient (Wildman–Crippen LogP) is 3.63. The van der Waals surface area contributed by atoms with Crippen LogP contribution in [0.25, 0.3) is 10.2 Å². The van der Waals surface area contributed by atoms with Crippen LogP contribution in [0.5, 0.6) is 0 Å². The number of amides is 1. The number of para-hydroxylation sites is 1. The molecule has 0 fully saturated rings. The summed E-state index contributed by atoms with van der Waals surface area (Å²) in [5, 5.41) is 3.80. The Morgan fingerprint density at radius 2 is 1.93 bits per heavy atom. The number of carbonyl (C=O) groups is 1. The molecule has 27 heavy (non-hydrogen) atoms. The van der Waals surface area contributed by atoms with Crippen molar-refractivity contribution in [1.29, 1.82) is 0 Å². The summed E-state index contributed by atoms with van der Waals surface area (Å²) >= 11 is 1.60. The molecule has 1 aromatic heterocycles. The van der Waals surface area contributed by atoms with Crippen molar-refractivity contribution in [2.24, 2.45) is 0 Å². The third-order valence-corrected chi connectivity index (χ3v) is 5.22. The molecule has 1 N–H and O–H groups in total. The van der Waals surface area contributed by atoms with E-state index in [2.05, 4.69) is 39.5 Å². The molecule has 0 aliphatic carbocycles. The number of nitrogens with zero attached hydrogens (tertiary/aromatic N) is 2. The first kappa shape index (κ1) is 19.3. The zero-order valence-corrected chi connectivity index (χ0v) is 16.6. The number of anilines is 1.